The van der Waals surface area contributed by atoms with Crippen molar-refractivity contribution in [2.45, 2.75) is 38.1 Å². The van der Waals surface area contributed by atoms with Crippen molar-refractivity contribution in [3.05, 3.63) is 0 Å². The van der Waals surface area contributed by atoms with Gasteiger partial charge in [-0.2, -0.15) is 17.4 Å². The number of carbonyl (C=O) groups is 1. The SMILES string of the molecule is O=C(O)C1CCN(S(=O)(=O)NC2CCCC2CO)CC1. The molecule has 1 aliphatic carbocycles. The fourth-order valence-corrected chi connectivity index (χ4v) is 4.55. The molecule has 2 atom stereocenters. The lowest BCUT2D eigenvalue weighted by Gasteiger charge is -2.31. The second kappa shape index (κ2) is 6.38. The highest BCUT2D eigenvalue weighted by atomic mass is 32.2. The van der Waals surface area contributed by atoms with Crippen molar-refractivity contribution >= 4 is 16.2 Å². The average molecular weight is 306 g/mol. The van der Waals surface area contributed by atoms with Crippen LogP contribution < -0.4 is 4.72 Å². The summed E-state index contributed by atoms with van der Waals surface area (Å²) in [6.07, 6.45) is 3.20. The van der Waals surface area contributed by atoms with Crippen molar-refractivity contribution in [3.8, 4) is 0 Å². The molecule has 1 aliphatic heterocycles. The molecule has 2 unspecified atom stereocenters. The van der Waals surface area contributed by atoms with Crippen LogP contribution in [0, 0.1) is 11.8 Å². The maximum Gasteiger partial charge on any atom is 0.306 e. The molecule has 1 saturated carbocycles. The third-order valence-electron chi connectivity index (χ3n) is 4.34. The number of nitrogens with zero attached hydrogens (tertiary/aromatic N) is 1. The van der Waals surface area contributed by atoms with Gasteiger partial charge in [0, 0.05) is 25.7 Å². The Balaban J connectivity index is 1.93. The quantitative estimate of drug-likeness (QED) is 0.651. The lowest BCUT2D eigenvalue weighted by Crippen LogP contribution is -2.50. The van der Waals surface area contributed by atoms with Gasteiger partial charge in [-0.1, -0.05) is 6.42 Å². The van der Waals surface area contributed by atoms with Crippen molar-refractivity contribution in [2.24, 2.45) is 11.8 Å². The summed E-state index contributed by atoms with van der Waals surface area (Å²) in [6.45, 7) is 0.472. The largest absolute Gasteiger partial charge is 0.481 e. The van der Waals surface area contributed by atoms with E-state index in [9.17, 15) is 18.3 Å². The summed E-state index contributed by atoms with van der Waals surface area (Å²) >= 11 is 0. The molecule has 2 fully saturated rings. The molecule has 2 rings (SSSR count). The molecule has 8 heteroatoms. The highest BCUT2D eigenvalue weighted by molar-refractivity contribution is 7.87. The van der Waals surface area contributed by atoms with Crippen molar-refractivity contribution < 1.29 is 23.4 Å². The number of aliphatic carboxylic acids is 1. The Kier molecular flexibility index (Phi) is 5.00. The maximum absolute atomic E-state index is 12.3. The maximum atomic E-state index is 12.3. The molecule has 20 heavy (non-hydrogen) atoms. The number of aliphatic hydroxyl groups is 1. The molecule has 0 aromatic carbocycles. The van der Waals surface area contributed by atoms with E-state index >= 15 is 0 Å². The monoisotopic (exact) mass is 306 g/mol. The van der Waals surface area contributed by atoms with Gasteiger partial charge in [-0.25, -0.2) is 0 Å². The molecule has 0 aromatic rings. The molecule has 2 aliphatic rings. The van der Waals surface area contributed by atoms with E-state index in [1.807, 2.05) is 0 Å². The molecule has 7 nitrogen and oxygen atoms in total. The Labute approximate surface area is 119 Å². The second-order valence-electron chi connectivity index (χ2n) is 5.61. The van der Waals surface area contributed by atoms with Crippen LogP contribution in [-0.2, 0) is 15.0 Å². The molecule has 0 aromatic heterocycles. The number of carboxylic acids is 1. The Bertz CT molecular complexity index is 445. The Morgan fingerprint density at radius 2 is 1.85 bits per heavy atom. The zero-order chi connectivity index (χ0) is 14.8. The molecule has 0 bridgehead atoms. The van der Waals surface area contributed by atoms with E-state index in [1.165, 1.54) is 4.31 Å². The highest BCUT2D eigenvalue weighted by Crippen LogP contribution is 2.27. The summed E-state index contributed by atoms with van der Waals surface area (Å²) in [5.41, 5.74) is 0. The Morgan fingerprint density at radius 3 is 2.40 bits per heavy atom. The van der Waals surface area contributed by atoms with Crippen LogP contribution in [0.2, 0.25) is 0 Å². The van der Waals surface area contributed by atoms with Gasteiger partial charge in [-0.05, 0) is 31.6 Å². The van der Waals surface area contributed by atoms with E-state index in [1.54, 1.807) is 0 Å². The van der Waals surface area contributed by atoms with Gasteiger partial charge >= 0.3 is 5.97 Å². The van der Waals surface area contributed by atoms with Gasteiger partial charge < -0.3 is 10.2 Å². The third-order valence-corrected chi connectivity index (χ3v) is 5.98. The summed E-state index contributed by atoms with van der Waals surface area (Å²) in [5, 5.41) is 18.1. The lowest BCUT2D eigenvalue weighted by atomic mass is 9.99. The van der Waals surface area contributed by atoms with Crippen LogP contribution in [0.4, 0.5) is 0 Å². The molecule has 1 heterocycles. The van der Waals surface area contributed by atoms with Crippen LogP contribution >= 0.6 is 0 Å². The van der Waals surface area contributed by atoms with E-state index in [-0.39, 0.29) is 31.7 Å². The number of hydrogen-bond donors (Lipinski definition) is 3. The van der Waals surface area contributed by atoms with E-state index < -0.39 is 22.1 Å². The standard InChI is InChI=1S/C12H22N2O5S/c15-8-10-2-1-3-11(10)13-20(18,19)14-6-4-9(5-7-14)12(16)17/h9-11,13,15H,1-8H2,(H,16,17). The van der Waals surface area contributed by atoms with Crippen molar-refractivity contribution in [1.29, 1.82) is 0 Å². The first-order valence-electron chi connectivity index (χ1n) is 7.05. The average Bonchev–Trinajstić information content (AvgIpc) is 2.85. The van der Waals surface area contributed by atoms with Crippen LogP contribution in [0.25, 0.3) is 0 Å². The molecular formula is C12H22N2O5S. The normalized spacial score (nSPS) is 29.6. The Hall–Kier alpha value is -0.700. The van der Waals surface area contributed by atoms with Gasteiger partial charge in [-0.3, -0.25) is 4.79 Å². The number of piperidine rings is 1. The van der Waals surface area contributed by atoms with Crippen molar-refractivity contribution in [3.63, 3.8) is 0 Å². The van der Waals surface area contributed by atoms with Gasteiger partial charge in [-0.15, -0.1) is 0 Å². The van der Waals surface area contributed by atoms with Gasteiger partial charge in [0.2, 0.25) is 0 Å². The van der Waals surface area contributed by atoms with Crippen LogP contribution in [-0.4, -0.2) is 54.6 Å². The van der Waals surface area contributed by atoms with E-state index in [4.69, 9.17) is 5.11 Å². The molecule has 1 saturated heterocycles. The van der Waals surface area contributed by atoms with Gasteiger partial charge in [0.05, 0.1) is 5.92 Å². The van der Waals surface area contributed by atoms with Crippen LogP contribution in [0.1, 0.15) is 32.1 Å². The smallest absolute Gasteiger partial charge is 0.306 e. The molecule has 0 amide bonds. The van der Waals surface area contributed by atoms with E-state index in [0.29, 0.717) is 12.8 Å². The van der Waals surface area contributed by atoms with Crippen LogP contribution in [0.3, 0.4) is 0 Å². The minimum atomic E-state index is -3.58. The zero-order valence-corrected chi connectivity index (χ0v) is 12.2. The number of aliphatic hydroxyl groups excluding tert-OH is 1. The van der Waals surface area contributed by atoms with Gasteiger partial charge in [0.25, 0.3) is 10.2 Å². The minimum absolute atomic E-state index is 0.00568. The van der Waals surface area contributed by atoms with Crippen molar-refractivity contribution in [2.75, 3.05) is 19.7 Å². The summed E-state index contributed by atoms with van der Waals surface area (Å²) in [6, 6.07) is -0.206. The number of carboxylic acid groups (broad SMARTS) is 1. The first-order valence-corrected chi connectivity index (χ1v) is 8.49. The third kappa shape index (κ3) is 3.49. The number of rotatable bonds is 5. The van der Waals surface area contributed by atoms with Gasteiger partial charge in [0.15, 0.2) is 0 Å². The van der Waals surface area contributed by atoms with Crippen molar-refractivity contribution in [1.82, 2.24) is 9.03 Å². The molecule has 116 valence electrons. The van der Waals surface area contributed by atoms with Crippen LogP contribution in [0.15, 0.2) is 0 Å². The number of hydrogen-bond acceptors (Lipinski definition) is 4. The Morgan fingerprint density at radius 1 is 1.20 bits per heavy atom. The fraction of sp³-hybridized carbons (Fsp3) is 0.917. The fourth-order valence-electron chi connectivity index (χ4n) is 3.02. The molecule has 3 N–H and O–H groups in total. The van der Waals surface area contributed by atoms with E-state index in [2.05, 4.69) is 4.72 Å². The highest BCUT2D eigenvalue weighted by Gasteiger charge is 2.35. The summed E-state index contributed by atoms with van der Waals surface area (Å²) in [4.78, 5) is 10.9. The van der Waals surface area contributed by atoms with E-state index in [0.717, 1.165) is 19.3 Å². The molecule has 0 spiro atoms. The zero-order valence-electron chi connectivity index (χ0n) is 11.4. The molecule has 0 radical (unpaired) electrons. The topological polar surface area (TPSA) is 107 Å². The second-order valence-corrected chi connectivity index (χ2v) is 7.32. The van der Waals surface area contributed by atoms with Crippen LogP contribution in [0.5, 0.6) is 0 Å². The summed E-state index contributed by atoms with van der Waals surface area (Å²) < 4.78 is 28.5. The predicted octanol–water partition coefficient (Wildman–Crippen LogP) is -0.222. The summed E-state index contributed by atoms with van der Waals surface area (Å²) in [5.74, 6) is -1.31. The minimum Gasteiger partial charge on any atom is -0.481 e. The van der Waals surface area contributed by atoms with Gasteiger partial charge in [0.1, 0.15) is 0 Å². The first kappa shape index (κ1) is 15.7. The summed E-state index contributed by atoms with van der Waals surface area (Å²) in [7, 11) is -3.58. The first-order chi connectivity index (χ1) is 9.44. The number of nitrogens with one attached hydrogen (secondary N) is 1. The lowest BCUT2D eigenvalue weighted by molar-refractivity contribution is -0.142. The predicted molar refractivity (Wildman–Crippen MR) is 72.2 cm³/mol. The molecular weight excluding hydrogens is 284 g/mol.